The van der Waals surface area contributed by atoms with Gasteiger partial charge in [-0.25, -0.2) is 18.5 Å². The first kappa shape index (κ1) is 22.1. The van der Waals surface area contributed by atoms with E-state index in [-0.39, 0.29) is 22.3 Å². The quantitative estimate of drug-likeness (QED) is 0.631. The van der Waals surface area contributed by atoms with Crippen LogP contribution < -0.4 is 10.5 Å². The van der Waals surface area contributed by atoms with Gasteiger partial charge in [0.05, 0.1) is 22.1 Å². The van der Waals surface area contributed by atoms with Crippen molar-refractivity contribution >= 4 is 33.6 Å². The third-order valence-corrected chi connectivity index (χ3v) is 5.47. The molecule has 2 heterocycles. The molecule has 30 heavy (non-hydrogen) atoms. The molecule has 160 valence electrons. The van der Waals surface area contributed by atoms with Gasteiger partial charge in [0.25, 0.3) is 5.56 Å². The average molecular weight is 483 g/mol. The highest BCUT2D eigenvalue weighted by molar-refractivity contribution is 9.10. The molecule has 0 saturated carbocycles. The zero-order valence-electron chi connectivity index (χ0n) is 17.2. The highest BCUT2D eigenvalue weighted by Crippen LogP contribution is 2.44. The summed E-state index contributed by atoms with van der Waals surface area (Å²) in [4.78, 5) is 39.6. The van der Waals surface area contributed by atoms with E-state index in [2.05, 4.69) is 15.9 Å². The monoisotopic (exact) mass is 482 g/mol. The molecule has 6 nitrogen and oxygen atoms in total. The number of nitrogens with zero attached hydrogens (tertiary/aromatic N) is 2. The standard InChI is InChI=1S/C21H21BrF2N2O4/c1-20(2,3)30-19(29)26-14-10-25(9-11-6-7-12(23)8-13(11)24)17(27)16(22)15(14)21(4,5)18(26)28/h6-8,10H,9H2,1-5H3. The Kier molecular flexibility index (Phi) is 5.39. The lowest BCUT2D eigenvalue weighted by Crippen LogP contribution is -2.43. The molecular weight excluding hydrogens is 462 g/mol. The number of carbonyl (C=O) groups is 2. The van der Waals surface area contributed by atoms with E-state index in [4.69, 9.17) is 4.74 Å². The number of benzene rings is 1. The molecule has 3 rings (SSSR count). The molecule has 9 heteroatoms. The molecule has 0 unspecified atom stereocenters. The largest absolute Gasteiger partial charge is 0.443 e. The van der Waals surface area contributed by atoms with Crippen molar-refractivity contribution in [2.75, 3.05) is 4.90 Å². The number of rotatable bonds is 2. The second-order valence-corrected chi connectivity index (χ2v) is 9.41. The highest BCUT2D eigenvalue weighted by atomic mass is 79.9. The van der Waals surface area contributed by atoms with Gasteiger partial charge in [0.15, 0.2) is 0 Å². The topological polar surface area (TPSA) is 68.6 Å². The second-order valence-electron chi connectivity index (χ2n) is 8.62. The summed E-state index contributed by atoms with van der Waals surface area (Å²) in [6.07, 6.45) is 0.450. The molecule has 0 spiro atoms. The molecule has 0 fully saturated rings. The van der Waals surface area contributed by atoms with Crippen molar-refractivity contribution in [2.24, 2.45) is 0 Å². The van der Waals surface area contributed by atoms with E-state index < -0.39 is 40.2 Å². The van der Waals surface area contributed by atoms with Gasteiger partial charge >= 0.3 is 6.09 Å². The first-order valence-electron chi connectivity index (χ1n) is 9.19. The van der Waals surface area contributed by atoms with Crippen molar-refractivity contribution in [2.45, 2.75) is 52.2 Å². The summed E-state index contributed by atoms with van der Waals surface area (Å²) < 4.78 is 33.9. The van der Waals surface area contributed by atoms with Crippen molar-refractivity contribution in [3.05, 3.63) is 62.0 Å². The number of imide groups is 1. The Hall–Kier alpha value is -2.55. The van der Waals surface area contributed by atoms with Gasteiger partial charge in [-0.05, 0) is 56.6 Å². The summed E-state index contributed by atoms with van der Waals surface area (Å²) in [5.74, 6) is -2.08. The van der Waals surface area contributed by atoms with Gasteiger partial charge in [0, 0.05) is 23.4 Å². The Bertz CT molecular complexity index is 1120. The van der Waals surface area contributed by atoms with Crippen molar-refractivity contribution < 1.29 is 23.1 Å². The maximum Gasteiger partial charge on any atom is 0.421 e. The predicted molar refractivity (Wildman–Crippen MR) is 111 cm³/mol. The second kappa shape index (κ2) is 7.30. The third kappa shape index (κ3) is 3.78. The third-order valence-electron chi connectivity index (χ3n) is 4.74. The number of anilines is 1. The lowest BCUT2D eigenvalue weighted by molar-refractivity contribution is -0.121. The van der Waals surface area contributed by atoms with E-state index in [0.29, 0.717) is 5.56 Å². The number of ether oxygens (including phenoxy) is 1. The minimum atomic E-state index is -1.16. The van der Waals surface area contributed by atoms with Gasteiger partial charge < -0.3 is 9.30 Å². The zero-order valence-corrected chi connectivity index (χ0v) is 18.8. The molecule has 0 saturated heterocycles. The molecular formula is C21H21BrF2N2O4. The molecule has 0 aliphatic carbocycles. The lowest BCUT2D eigenvalue weighted by Gasteiger charge is -2.24. The van der Waals surface area contributed by atoms with Crippen LogP contribution in [-0.2, 0) is 21.5 Å². The van der Waals surface area contributed by atoms with Crippen molar-refractivity contribution in [3.8, 4) is 0 Å². The fourth-order valence-corrected chi connectivity index (χ4v) is 4.24. The Balaban J connectivity index is 2.15. The van der Waals surface area contributed by atoms with Crippen LogP contribution in [-0.4, -0.2) is 22.2 Å². The van der Waals surface area contributed by atoms with E-state index in [1.165, 1.54) is 12.3 Å². The van der Waals surface area contributed by atoms with Crippen LogP contribution in [0.4, 0.5) is 19.3 Å². The van der Waals surface area contributed by atoms with Crippen LogP contribution in [0.1, 0.15) is 45.7 Å². The maximum absolute atomic E-state index is 14.1. The molecule has 0 radical (unpaired) electrons. The van der Waals surface area contributed by atoms with E-state index in [1.54, 1.807) is 34.6 Å². The summed E-state index contributed by atoms with van der Waals surface area (Å²) in [5.41, 5.74) is -1.91. The molecule has 0 bridgehead atoms. The molecule has 0 atom stereocenters. The zero-order chi connectivity index (χ0) is 22.6. The number of hydrogen-bond acceptors (Lipinski definition) is 4. The molecule has 0 N–H and O–H groups in total. The Morgan fingerprint density at radius 1 is 1.20 bits per heavy atom. The SMILES string of the molecule is CC(C)(C)OC(=O)N1C(=O)C(C)(C)c2c1cn(Cc1ccc(F)cc1F)c(=O)c2Br. The highest BCUT2D eigenvalue weighted by Gasteiger charge is 2.50. The van der Waals surface area contributed by atoms with E-state index in [9.17, 15) is 23.2 Å². The van der Waals surface area contributed by atoms with Gasteiger partial charge in [-0.3, -0.25) is 9.59 Å². The van der Waals surface area contributed by atoms with Crippen LogP contribution in [0.2, 0.25) is 0 Å². The van der Waals surface area contributed by atoms with Crippen LogP contribution in [0.15, 0.2) is 33.7 Å². The minimum Gasteiger partial charge on any atom is -0.443 e. The molecule has 1 aromatic heterocycles. The molecule has 1 aliphatic rings. The number of hydrogen-bond donors (Lipinski definition) is 0. The van der Waals surface area contributed by atoms with Crippen LogP contribution in [0.3, 0.4) is 0 Å². The summed E-state index contributed by atoms with van der Waals surface area (Å²) in [7, 11) is 0. The number of aromatic nitrogens is 1. The van der Waals surface area contributed by atoms with Gasteiger partial charge in [0.2, 0.25) is 5.91 Å². The van der Waals surface area contributed by atoms with Gasteiger partial charge in [0.1, 0.15) is 17.2 Å². The lowest BCUT2D eigenvalue weighted by atomic mass is 9.87. The van der Waals surface area contributed by atoms with E-state index in [1.807, 2.05) is 0 Å². The van der Waals surface area contributed by atoms with Gasteiger partial charge in [-0.1, -0.05) is 6.07 Å². The first-order valence-corrected chi connectivity index (χ1v) is 9.98. The van der Waals surface area contributed by atoms with Crippen molar-refractivity contribution in [3.63, 3.8) is 0 Å². The smallest absolute Gasteiger partial charge is 0.421 e. The molecule has 2 amide bonds. The summed E-state index contributed by atoms with van der Waals surface area (Å²) in [6.45, 7) is 8.01. The Morgan fingerprint density at radius 3 is 2.40 bits per heavy atom. The van der Waals surface area contributed by atoms with Crippen LogP contribution in [0.5, 0.6) is 0 Å². The fourth-order valence-electron chi connectivity index (χ4n) is 3.32. The number of amides is 2. The molecule has 2 aromatic rings. The van der Waals surface area contributed by atoms with Gasteiger partial charge in [-0.2, -0.15) is 0 Å². The van der Waals surface area contributed by atoms with E-state index in [0.717, 1.165) is 21.6 Å². The average Bonchev–Trinajstić information content (AvgIpc) is 2.79. The number of pyridine rings is 1. The minimum absolute atomic E-state index is 0.0813. The maximum atomic E-state index is 14.1. The normalized spacial score (nSPS) is 15.3. The Labute approximate surface area is 180 Å². The molecule has 1 aromatic carbocycles. The Morgan fingerprint density at radius 2 is 1.83 bits per heavy atom. The van der Waals surface area contributed by atoms with Crippen LogP contribution in [0.25, 0.3) is 0 Å². The summed E-state index contributed by atoms with van der Waals surface area (Å²) >= 11 is 3.25. The number of carbonyl (C=O) groups excluding carboxylic acids is 2. The van der Waals surface area contributed by atoms with Crippen molar-refractivity contribution in [1.29, 1.82) is 0 Å². The number of fused-ring (bicyclic) bond motifs is 1. The van der Waals surface area contributed by atoms with Crippen LogP contribution >= 0.6 is 15.9 Å². The van der Waals surface area contributed by atoms with E-state index >= 15 is 0 Å². The summed E-state index contributed by atoms with van der Waals surface area (Å²) in [6, 6.07) is 3.05. The van der Waals surface area contributed by atoms with Crippen molar-refractivity contribution in [1.82, 2.24) is 4.57 Å². The van der Waals surface area contributed by atoms with Crippen LogP contribution in [0, 0.1) is 11.6 Å². The number of halogens is 3. The predicted octanol–water partition coefficient (Wildman–Crippen LogP) is 4.50. The fraction of sp³-hybridized carbons (Fsp3) is 0.381. The van der Waals surface area contributed by atoms with Gasteiger partial charge in [-0.15, -0.1) is 0 Å². The first-order chi connectivity index (χ1) is 13.7. The molecule has 1 aliphatic heterocycles. The summed E-state index contributed by atoms with van der Waals surface area (Å²) in [5, 5.41) is 0.